The molecule has 1 aliphatic heterocycles. The molecule has 0 radical (unpaired) electrons. The lowest BCUT2D eigenvalue weighted by Crippen LogP contribution is -2.25. The summed E-state index contributed by atoms with van der Waals surface area (Å²) < 4.78 is 7.20. The van der Waals surface area contributed by atoms with E-state index in [1.165, 1.54) is 11.3 Å². The van der Waals surface area contributed by atoms with Crippen LogP contribution < -0.4 is 14.9 Å². The van der Waals surface area contributed by atoms with Gasteiger partial charge in [-0.15, -0.1) is 11.3 Å². The minimum Gasteiger partial charge on any atom is -0.508 e. The van der Waals surface area contributed by atoms with Crippen LogP contribution in [0.25, 0.3) is 11.3 Å². The maximum Gasteiger partial charge on any atom is 0.262 e. The summed E-state index contributed by atoms with van der Waals surface area (Å²) in [6, 6.07) is 16.0. The molecule has 2 aromatic heterocycles. The Labute approximate surface area is 186 Å². The molecule has 3 heterocycles. The second-order valence-electron chi connectivity index (χ2n) is 6.92. The molecule has 0 bridgehead atoms. The number of ether oxygens (including phenoxy) is 1. The van der Waals surface area contributed by atoms with Crippen LogP contribution in [0.2, 0.25) is 0 Å². The first-order valence-corrected chi connectivity index (χ1v) is 10.6. The number of hydrogen-bond donors (Lipinski definition) is 2. The van der Waals surface area contributed by atoms with Crippen molar-refractivity contribution in [2.45, 2.75) is 0 Å². The Hall–Kier alpha value is -4.24. The molecule has 0 saturated carbocycles. The van der Waals surface area contributed by atoms with E-state index in [9.17, 15) is 9.90 Å². The van der Waals surface area contributed by atoms with Crippen molar-refractivity contribution < 1.29 is 14.6 Å². The molecule has 4 aromatic rings. The number of fused-ring (bicyclic) bond motifs is 1. The molecule has 158 valence electrons. The number of nitrogens with zero attached hydrogens (tertiary/aromatic N) is 4. The topological polar surface area (TPSA) is 101 Å². The van der Waals surface area contributed by atoms with Crippen LogP contribution in [-0.4, -0.2) is 33.5 Å². The molecule has 0 saturated heterocycles. The fourth-order valence-electron chi connectivity index (χ4n) is 3.14. The smallest absolute Gasteiger partial charge is 0.262 e. The highest BCUT2D eigenvalue weighted by Crippen LogP contribution is 2.33. The number of benzene rings is 2. The maximum absolute atomic E-state index is 11.7. The number of thiazole rings is 1. The molecule has 2 N–H and O–H groups in total. The summed E-state index contributed by atoms with van der Waals surface area (Å²) in [6.07, 6.45) is 5.07. The largest absolute Gasteiger partial charge is 0.508 e. The number of anilines is 1. The molecule has 1 amide bonds. The van der Waals surface area contributed by atoms with Crippen LogP contribution in [0.5, 0.6) is 11.5 Å². The Morgan fingerprint density at radius 3 is 2.88 bits per heavy atom. The van der Waals surface area contributed by atoms with Gasteiger partial charge < -0.3 is 15.2 Å². The van der Waals surface area contributed by atoms with Crippen molar-refractivity contribution >= 4 is 34.8 Å². The van der Waals surface area contributed by atoms with E-state index in [0.29, 0.717) is 21.9 Å². The highest BCUT2D eigenvalue weighted by Gasteiger charge is 2.17. The maximum atomic E-state index is 11.7. The highest BCUT2D eigenvalue weighted by atomic mass is 32.1. The summed E-state index contributed by atoms with van der Waals surface area (Å²) in [6.45, 7) is 0.00978. The first-order chi connectivity index (χ1) is 15.7. The van der Waals surface area contributed by atoms with E-state index in [0.717, 1.165) is 16.8 Å². The molecule has 0 atom stereocenters. The summed E-state index contributed by atoms with van der Waals surface area (Å²) in [5, 5.41) is 19.0. The zero-order valence-electron chi connectivity index (χ0n) is 16.7. The summed E-state index contributed by atoms with van der Waals surface area (Å²) in [5.41, 5.74) is 3.80. The van der Waals surface area contributed by atoms with E-state index in [1.807, 2.05) is 35.7 Å². The molecule has 32 heavy (non-hydrogen) atoms. The van der Waals surface area contributed by atoms with E-state index in [2.05, 4.69) is 20.4 Å². The second kappa shape index (κ2) is 8.48. The summed E-state index contributed by atoms with van der Waals surface area (Å²) in [4.78, 5) is 21.2. The SMILES string of the molecule is O=C1COc2ccc(-c3csc(=Nc4cccnc4)n3N=Cc3ccc(O)cc3)cc2N1. The Bertz CT molecular complexity index is 1380. The summed E-state index contributed by atoms with van der Waals surface area (Å²) >= 11 is 1.44. The van der Waals surface area contributed by atoms with E-state index >= 15 is 0 Å². The molecule has 5 rings (SSSR count). The monoisotopic (exact) mass is 443 g/mol. The molecule has 8 nitrogen and oxygen atoms in total. The van der Waals surface area contributed by atoms with Crippen LogP contribution in [0.1, 0.15) is 5.56 Å². The predicted molar refractivity (Wildman–Crippen MR) is 122 cm³/mol. The second-order valence-corrected chi connectivity index (χ2v) is 7.76. The van der Waals surface area contributed by atoms with Gasteiger partial charge in [0.2, 0.25) is 4.80 Å². The number of rotatable bonds is 4. The van der Waals surface area contributed by atoms with Gasteiger partial charge in [-0.2, -0.15) is 5.10 Å². The van der Waals surface area contributed by atoms with Crippen LogP contribution in [0.4, 0.5) is 11.4 Å². The highest BCUT2D eigenvalue weighted by molar-refractivity contribution is 7.07. The van der Waals surface area contributed by atoms with Gasteiger partial charge in [0.15, 0.2) is 6.61 Å². The van der Waals surface area contributed by atoms with Gasteiger partial charge in [-0.05, 0) is 60.2 Å². The minimum absolute atomic E-state index is 0.00978. The number of carbonyl (C=O) groups is 1. The number of carbonyl (C=O) groups excluding carboxylic acids is 1. The van der Waals surface area contributed by atoms with Gasteiger partial charge in [-0.25, -0.2) is 9.67 Å². The molecular formula is C23H17N5O3S. The van der Waals surface area contributed by atoms with Gasteiger partial charge in [0.1, 0.15) is 11.5 Å². The Kier molecular flexibility index (Phi) is 5.22. The number of aromatic hydroxyl groups is 1. The average Bonchev–Trinajstić information content (AvgIpc) is 3.21. The van der Waals surface area contributed by atoms with Gasteiger partial charge in [0, 0.05) is 17.1 Å². The van der Waals surface area contributed by atoms with Crippen LogP contribution in [0.15, 0.2) is 82.5 Å². The van der Waals surface area contributed by atoms with Crippen molar-refractivity contribution in [1.82, 2.24) is 9.66 Å². The molecule has 0 spiro atoms. The van der Waals surface area contributed by atoms with Gasteiger partial charge in [0.25, 0.3) is 5.91 Å². The zero-order valence-corrected chi connectivity index (χ0v) is 17.5. The Balaban J connectivity index is 1.61. The van der Waals surface area contributed by atoms with Crippen molar-refractivity contribution in [2.24, 2.45) is 10.1 Å². The van der Waals surface area contributed by atoms with Crippen LogP contribution in [-0.2, 0) is 4.79 Å². The van der Waals surface area contributed by atoms with Crippen LogP contribution >= 0.6 is 11.3 Å². The molecule has 0 aliphatic carbocycles. The normalized spacial score (nSPS) is 13.6. The number of phenolic OH excluding ortho intramolecular Hbond substituents is 1. The lowest BCUT2D eigenvalue weighted by atomic mass is 10.1. The van der Waals surface area contributed by atoms with E-state index < -0.39 is 0 Å². The first-order valence-electron chi connectivity index (χ1n) is 9.71. The van der Waals surface area contributed by atoms with Crippen molar-refractivity contribution in [3.63, 3.8) is 0 Å². The number of amides is 1. The van der Waals surface area contributed by atoms with Gasteiger partial charge >= 0.3 is 0 Å². The van der Waals surface area contributed by atoms with E-state index in [4.69, 9.17) is 4.74 Å². The third-order valence-electron chi connectivity index (χ3n) is 4.68. The van der Waals surface area contributed by atoms with Crippen molar-refractivity contribution in [3.05, 3.63) is 82.7 Å². The number of hydrogen-bond acceptors (Lipinski definition) is 7. The first kappa shape index (κ1) is 19.7. The predicted octanol–water partition coefficient (Wildman–Crippen LogP) is 3.76. The lowest BCUT2D eigenvalue weighted by molar-refractivity contribution is -0.118. The zero-order chi connectivity index (χ0) is 21.9. The van der Waals surface area contributed by atoms with Crippen molar-refractivity contribution in [2.75, 3.05) is 11.9 Å². The van der Waals surface area contributed by atoms with Gasteiger partial charge in [-0.1, -0.05) is 0 Å². The Morgan fingerprint density at radius 2 is 2.06 bits per heavy atom. The number of pyridine rings is 1. The van der Waals surface area contributed by atoms with Gasteiger partial charge in [-0.3, -0.25) is 9.78 Å². The average molecular weight is 443 g/mol. The third kappa shape index (κ3) is 4.14. The Morgan fingerprint density at radius 1 is 1.19 bits per heavy atom. The number of aromatic nitrogens is 2. The summed E-state index contributed by atoms with van der Waals surface area (Å²) in [7, 11) is 0. The molecule has 9 heteroatoms. The van der Waals surface area contributed by atoms with Crippen LogP contribution in [0, 0.1) is 0 Å². The molecule has 1 aliphatic rings. The van der Waals surface area contributed by atoms with E-state index in [1.54, 1.807) is 47.5 Å². The minimum atomic E-state index is -0.189. The molecule has 0 fully saturated rings. The van der Waals surface area contributed by atoms with Gasteiger partial charge in [0.05, 0.1) is 29.5 Å². The fraction of sp³-hybridized carbons (Fsp3) is 0.0435. The standard InChI is InChI=1S/C23H17N5O3S/c29-18-6-3-15(4-7-18)11-25-28-20(14-32-23(28)26-17-2-1-9-24-12-17)16-5-8-21-19(10-16)27-22(30)13-31-21/h1-12,14,29H,13H2,(H,27,30). The summed E-state index contributed by atoms with van der Waals surface area (Å²) in [5.74, 6) is 0.630. The lowest BCUT2D eigenvalue weighted by Gasteiger charge is -2.18. The van der Waals surface area contributed by atoms with Crippen molar-refractivity contribution in [3.8, 4) is 22.8 Å². The van der Waals surface area contributed by atoms with E-state index in [-0.39, 0.29) is 18.3 Å². The van der Waals surface area contributed by atoms with Crippen molar-refractivity contribution in [1.29, 1.82) is 0 Å². The fourth-order valence-corrected chi connectivity index (χ4v) is 4.00. The number of phenols is 1. The van der Waals surface area contributed by atoms with Crippen LogP contribution in [0.3, 0.4) is 0 Å². The molecule has 2 aromatic carbocycles. The molecular weight excluding hydrogens is 426 g/mol. The number of nitrogens with one attached hydrogen (secondary N) is 1. The quantitative estimate of drug-likeness (QED) is 0.469. The molecule has 0 unspecified atom stereocenters. The third-order valence-corrected chi connectivity index (χ3v) is 5.50.